The number of rotatable bonds is 8. The number of halogens is 1. The normalized spacial score (nSPS) is 15.2. The van der Waals surface area contributed by atoms with Gasteiger partial charge in [0.1, 0.15) is 11.6 Å². The van der Waals surface area contributed by atoms with Gasteiger partial charge in [-0.1, -0.05) is 0 Å². The quantitative estimate of drug-likeness (QED) is 0.390. The second-order valence-corrected chi connectivity index (χ2v) is 9.77. The summed E-state index contributed by atoms with van der Waals surface area (Å²) < 4.78 is 14.3. The molecule has 3 N–H and O–H groups in total. The largest absolute Gasteiger partial charge is 0.371 e. The Morgan fingerprint density at radius 1 is 0.946 bits per heavy atom. The van der Waals surface area contributed by atoms with E-state index >= 15 is 0 Å². The third-order valence-corrected chi connectivity index (χ3v) is 6.75. The zero-order valence-electron chi connectivity index (χ0n) is 20.9. The lowest BCUT2D eigenvalue weighted by Gasteiger charge is -2.29. The van der Waals surface area contributed by atoms with Gasteiger partial charge in [0.2, 0.25) is 0 Å². The number of anilines is 4. The van der Waals surface area contributed by atoms with Gasteiger partial charge >= 0.3 is 0 Å². The highest BCUT2D eigenvalue weighted by atomic mass is 19.1. The van der Waals surface area contributed by atoms with Gasteiger partial charge in [0.05, 0.1) is 35.0 Å². The van der Waals surface area contributed by atoms with Crippen LogP contribution in [0, 0.1) is 18.7 Å². The molecule has 9 heteroatoms. The van der Waals surface area contributed by atoms with Crippen LogP contribution in [0.2, 0.25) is 0 Å². The number of hydrogen-bond acceptors (Lipinski definition) is 6. The van der Waals surface area contributed by atoms with Gasteiger partial charge in [0, 0.05) is 30.9 Å². The van der Waals surface area contributed by atoms with Crippen molar-refractivity contribution < 1.29 is 14.0 Å². The monoisotopic (exact) mass is 502 g/mol. The molecule has 37 heavy (non-hydrogen) atoms. The lowest BCUT2D eigenvalue weighted by molar-refractivity contribution is 0.101. The highest BCUT2D eigenvalue weighted by Crippen LogP contribution is 2.29. The van der Waals surface area contributed by atoms with E-state index in [1.807, 2.05) is 6.07 Å². The molecule has 3 heterocycles. The van der Waals surface area contributed by atoms with Crippen molar-refractivity contribution in [2.45, 2.75) is 39.0 Å². The minimum absolute atomic E-state index is 0.216. The van der Waals surface area contributed by atoms with Gasteiger partial charge in [-0.05, 0) is 81.3 Å². The number of nitrogens with zero attached hydrogens (tertiary/aromatic N) is 3. The number of benzene rings is 1. The molecule has 0 atom stereocenters. The second-order valence-electron chi connectivity index (χ2n) is 9.77. The third kappa shape index (κ3) is 6.41. The Balaban J connectivity index is 1.25. The minimum atomic E-state index is -0.465. The van der Waals surface area contributed by atoms with Crippen molar-refractivity contribution in [2.24, 2.45) is 5.92 Å². The molecule has 5 rings (SSSR count). The van der Waals surface area contributed by atoms with Gasteiger partial charge < -0.3 is 20.9 Å². The molecule has 2 aliphatic rings. The molecule has 3 aromatic rings. The number of nitrogens with one attached hydrogen (secondary N) is 3. The van der Waals surface area contributed by atoms with Crippen molar-refractivity contribution in [3.05, 3.63) is 71.4 Å². The number of carbonyl (C=O) groups excluding carboxylic acids is 2. The second kappa shape index (κ2) is 10.9. The van der Waals surface area contributed by atoms with Crippen molar-refractivity contribution in [2.75, 3.05) is 40.5 Å². The van der Waals surface area contributed by atoms with Crippen LogP contribution in [0.25, 0.3) is 0 Å². The lowest BCUT2D eigenvalue weighted by Crippen LogP contribution is -2.29. The number of aromatic nitrogens is 2. The highest BCUT2D eigenvalue weighted by molar-refractivity contribution is 6.08. The number of hydrogen-bond donors (Lipinski definition) is 3. The summed E-state index contributed by atoms with van der Waals surface area (Å²) in [5, 5.41) is 8.87. The summed E-state index contributed by atoms with van der Waals surface area (Å²) in [7, 11) is 0. The van der Waals surface area contributed by atoms with E-state index in [2.05, 4.69) is 30.8 Å². The molecule has 2 aromatic heterocycles. The summed E-state index contributed by atoms with van der Waals surface area (Å²) in [5.74, 6) is 0.223. The molecule has 2 fully saturated rings. The van der Waals surface area contributed by atoms with Gasteiger partial charge in [-0.15, -0.1) is 0 Å². The van der Waals surface area contributed by atoms with Gasteiger partial charge in [-0.3, -0.25) is 14.6 Å². The van der Waals surface area contributed by atoms with E-state index in [9.17, 15) is 14.0 Å². The van der Waals surface area contributed by atoms with Gasteiger partial charge in [-0.25, -0.2) is 9.37 Å². The van der Waals surface area contributed by atoms with E-state index < -0.39 is 11.7 Å². The van der Waals surface area contributed by atoms with Crippen molar-refractivity contribution in [1.82, 2.24) is 9.97 Å². The molecular formula is C28H31FN6O2. The Labute approximate surface area is 215 Å². The van der Waals surface area contributed by atoms with Gasteiger partial charge in [0.25, 0.3) is 11.8 Å². The molecule has 8 nitrogen and oxygen atoms in total. The topological polar surface area (TPSA) is 99.2 Å². The Morgan fingerprint density at radius 3 is 2.43 bits per heavy atom. The standard InChI is InChI=1S/C28H31FN6O2/c1-18-25(28(37)33-22-7-8-26(32-16-22)31-15-19-5-6-19)14-23(17-30-18)34-27(36)20-11-21(29)13-24(12-20)35-9-3-2-4-10-35/h7-8,11-14,16-17,19H,2-6,9-10,15H2,1H3,(H,31,32)(H,33,37)(H,34,36). The Bertz CT molecular complexity index is 1290. The molecule has 0 radical (unpaired) electrons. The van der Waals surface area contributed by atoms with Crippen molar-refractivity contribution >= 4 is 34.7 Å². The average Bonchev–Trinajstić information content (AvgIpc) is 3.74. The summed E-state index contributed by atoms with van der Waals surface area (Å²) in [6, 6.07) is 9.57. The van der Waals surface area contributed by atoms with Crippen LogP contribution in [0.3, 0.4) is 0 Å². The molecular weight excluding hydrogens is 471 g/mol. The van der Waals surface area contributed by atoms with Crippen LogP contribution in [0.1, 0.15) is 58.5 Å². The van der Waals surface area contributed by atoms with Crippen molar-refractivity contribution in [3.8, 4) is 0 Å². The fourth-order valence-corrected chi connectivity index (χ4v) is 4.42. The smallest absolute Gasteiger partial charge is 0.257 e. The first-order chi connectivity index (χ1) is 17.9. The van der Waals surface area contributed by atoms with Crippen LogP contribution in [0.5, 0.6) is 0 Å². The first-order valence-corrected chi connectivity index (χ1v) is 12.8. The summed E-state index contributed by atoms with van der Waals surface area (Å²) in [5.41, 5.74) is 2.66. The number of carbonyl (C=O) groups is 2. The molecule has 1 aliphatic heterocycles. The van der Waals surface area contributed by atoms with E-state index in [0.717, 1.165) is 50.6 Å². The van der Waals surface area contributed by atoms with E-state index in [-0.39, 0.29) is 11.5 Å². The average molecular weight is 503 g/mol. The van der Waals surface area contributed by atoms with Crippen LogP contribution < -0.4 is 20.9 Å². The lowest BCUT2D eigenvalue weighted by atomic mass is 10.1. The fraction of sp³-hybridized carbons (Fsp3) is 0.357. The van der Waals surface area contributed by atoms with E-state index in [4.69, 9.17) is 0 Å². The predicted molar refractivity (Wildman–Crippen MR) is 143 cm³/mol. The zero-order chi connectivity index (χ0) is 25.8. The molecule has 0 spiro atoms. The maximum atomic E-state index is 14.3. The van der Waals surface area contributed by atoms with E-state index in [1.165, 1.54) is 31.2 Å². The molecule has 1 saturated heterocycles. The molecule has 0 unspecified atom stereocenters. The fourth-order valence-electron chi connectivity index (χ4n) is 4.42. The van der Waals surface area contributed by atoms with Crippen molar-refractivity contribution in [3.63, 3.8) is 0 Å². The number of pyridine rings is 2. The van der Waals surface area contributed by atoms with Gasteiger partial charge in [-0.2, -0.15) is 0 Å². The first-order valence-electron chi connectivity index (χ1n) is 12.8. The van der Waals surface area contributed by atoms with Crippen molar-refractivity contribution in [1.29, 1.82) is 0 Å². The number of amides is 2. The van der Waals surface area contributed by atoms with Crippen LogP contribution in [0.4, 0.5) is 27.3 Å². The summed E-state index contributed by atoms with van der Waals surface area (Å²) in [6.07, 6.45) is 8.87. The van der Waals surface area contributed by atoms with Crippen LogP contribution in [-0.4, -0.2) is 41.4 Å². The SMILES string of the molecule is Cc1ncc(NC(=O)c2cc(F)cc(N3CCCCC3)c2)cc1C(=O)Nc1ccc(NCC2CC2)nc1. The van der Waals surface area contributed by atoms with E-state index in [0.29, 0.717) is 28.3 Å². The summed E-state index contributed by atoms with van der Waals surface area (Å²) >= 11 is 0. The van der Waals surface area contributed by atoms with Crippen LogP contribution >= 0.6 is 0 Å². The molecule has 2 amide bonds. The summed E-state index contributed by atoms with van der Waals surface area (Å²) in [4.78, 5) is 36.6. The van der Waals surface area contributed by atoms with E-state index in [1.54, 1.807) is 31.3 Å². The molecule has 0 bridgehead atoms. The summed E-state index contributed by atoms with van der Waals surface area (Å²) in [6.45, 7) is 4.33. The first kappa shape index (κ1) is 24.7. The third-order valence-electron chi connectivity index (χ3n) is 6.75. The van der Waals surface area contributed by atoms with Gasteiger partial charge in [0.15, 0.2) is 0 Å². The molecule has 1 aromatic carbocycles. The van der Waals surface area contributed by atoms with Crippen LogP contribution in [0.15, 0.2) is 48.8 Å². The Morgan fingerprint density at radius 2 is 1.70 bits per heavy atom. The molecule has 192 valence electrons. The highest BCUT2D eigenvalue weighted by Gasteiger charge is 2.21. The molecule has 1 aliphatic carbocycles. The maximum absolute atomic E-state index is 14.3. The molecule has 1 saturated carbocycles. The zero-order valence-corrected chi connectivity index (χ0v) is 20.9. The Kier molecular flexibility index (Phi) is 7.30. The predicted octanol–water partition coefficient (Wildman–Crippen LogP) is 5.24. The van der Waals surface area contributed by atoms with Crippen LogP contribution in [-0.2, 0) is 0 Å². The number of aryl methyl sites for hydroxylation is 1. The maximum Gasteiger partial charge on any atom is 0.257 e. The minimum Gasteiger partial charge on any atom is -0.371 e. The Hall–Kier alpha value is -4.01. The number of piperidine rings is 1.